The van der Waals surface area contributed by atoms with E-state index in [1.165, 1.54) is 12.1 Å². The third-order valence-electron chi connectivity index (χ3n) is 1.98. The fraction of sp³-hybridized carbons (Fsp3) is 0.364. The quantitative estimate of drug-likeness (QED) is 0.753. The van der Waals surface area contributed by atoms with Crippen LogP contribution in [0.25, 0.3) is 0 Å². The van der Waals surface area contributed by atoms with Crippen molar-refractivity contribution in [3.05, 3.63) is 26.6 Å². The smallest absolute Gasteiger partial charge is 0.335 e. The highest BCUT2D eigenvalue weighted by atomic mass is 79.9. The molecule has 0 aromatic heterocycles. The fourth-order valence-electron chi connectivity index (χ4n) is 1.20. The second-order valence-corrected chi connectivity index (χ2v) is 5.96. The molecule has 0 heterocycles. The number of carbonyl (C=O) groups is 1. The molecule has 0 saturated heterocycles. The number of rotatable bonds is 6. The third-order valence-corrected chi connectivity index (χ3v) is 3.86. The molecule has 0 aliphatic rings. The maximum atomic E-state index is 10.8. The Labute approximate surface area is 121 Å². The van der Waals surface area contributed by atoms with Gasteiger partial charge in [-0.2, -0.15) is 11.8 Å². The van der Waals surface area contributed by atoms with Crippen LogP contribution in [0.2, 0.25) is 0 Å². The molecular formula is C11H12Br2O3S. The molecule has 94 valence electrons. The SMILES string of the molecule is CSCCCOc1c(Br)cc(C(=O)O)cc1Br. The lowest BCUT2D eigenvalue weighted by atomic mass is 10.2. The van der Waals surface area contributed by atoms with Crippen LogP contribution < -0.4 is 4.74 Å². The van der Waals surface area contributed by atoms with Gasteiger partial charge in [0.1, 0.15) is 5.75 Å². The fourth-order valence-corrected chi connectivity index (χ4v) is 3.02. The number of aromatic carboxylic acids is 1. The molecule has 0 aliphatic carbocycles. The molecule has 0 radical (unpaired) electrons. The summed E-state index contributed by atoms with van der Waals surface area (Å²) >= 11 is 8.39. The Morgan fingerprint density at radius 2 is 2.00 bits per heavy atom. The molecule has 0 aliphatic heterocycles. The Morgan fingerprint density at radius 1 is 1.41 bits per heavy atom. The molecule has 0 atom stereocenters. The molecular weight excluding hydrogens is 372 g/mol. The van der Waals surface area contributed by atoms with Crippen molar-refractivity contribution in [1.82, 2.24) is 0 Å². The second kappa shape index (κ2) is 7.28. The number of carboxylic acids is 1. The highest BCUT2D eigenvalue weighted by Crippen LogP contribution is 2.34. The number of benzene rings is 1. The Bertz CT molecular complexity index is 387. The summed E-state index contributed by atoms with van der Waals surface area (Å²) in [6.07, 6.45) is 3.01. The molecule has 0 saturated carbocycles. The van der Waals surface area contributed by atoms with Crippen LogP contribution in [0.3, 0.4) is 0 Å². The lowest BCUT2D eigenvalue weighted by Crippen LogP contribution is -2.02. The van der Waals surface area contributed by atoms with Crippen LogP contribution in [-0.2, 0) is 0 Å². The van der Waals surface area contributed by atoms with Crippen LogP contribution >= 0.6 is 43.6 Å². The number of thioether (sulfide) groups is 1. The average Bonchev–Trinajstić information content (AvgIpc) is 2.26. The summed E-state index contributed by atoms with van der Waals surface area (Å²) in [5, 5.41) is 8.89. The molecule has 0 unspecified atom stereocenters. The summed E-state index contributed by atoms with van der Waals surface area (Å²) in [7, 11) is 0. The highest BCUT2D eigenvalue weighted by Gasteiger charge is 2.12. The van der Waals surface area contributed by atoms with E-state index in [1.54, 1.807) is 11.8 Å². The largest absolute Gasteiger partial charge is 0.491 e. The summed E-state index contributed by atoms with van der Waals surface area (Å²) in [6.45, 7) is 0.616. The van der Waals surface area contributed by atoms with Gasteiger partial charge in [-0.1, -0.05) is 0 Å². The Kier molecular flexibility index (Phi) is 6.37. The highest BCUT2D eigenvalue weighted by molar-refractivity contribution is 9.11. The van der Waals surface area contributed by atoms with E-state index >= 15 is 0 Å². The average molecular weight is 384 g/mol. The van der Waals surface area contributed by atoms with Gasteiger partial charge in [-0.05, 0) is 62.4 Å². The Balaban J connectivity index is 2.76. The summed E-state index contributed by atoms with van der Waals surface area (Å²) < 4.78 is 6.90. The molecule has 1 N–H and O–H groups in total. The van der Waals surface area contributed by atoms with Gasteiger partial charge < -0.3 is 9.84 Å². The van der Waals surface area contributed by atoms with Crippen molar-refractivity contribution in [3.63, 3.8) is 0 Å². The summed E-state index contributed by atoms with van der Waals surface area (Å²) in [5.74, 6) is 0.735. The topological polar surface area (TPSA) is 46.5 Å². The molecule has 0 amide bonds. The van der Waals surface area contributed by atoms with Crippen molar-refractivity contribution >= 4 is 49.6 Å². The van der Waals surface area contributed by atoms with Crippen molar-refractivity contribution in [2.75, 3.05) is 18.6 Å². The molecule has 3 nitrogen and oxygen atoms in total. The van der Waals surface area contributed by atoms with E-state index in [1.807, 2.05) is 6.26 Å². The zero-order valence-corrected chi connectivity index (χ0v) is 13.2. The first-order chi connectivity index (χ1) is 8.06. The molecule has 0 bridgehead atoms. The minimum atomic E-state index is -0.958. The molecule has 1 aromatic carbocycles. The van der Waals surface area contributed by atoms with Crippen molar-refractivity contribution in [2.45, 2.75) is 6.42 Å². The van der Waals surface area contributed by atoms with Crippen LogP contribution in [0.1, 0.15) is 16.8 Å². The van der Waals surface area contributed by atoms with Gasteiger partial charge in [0.25, 0.3) is 0 Å². The van der Waals surface area contributed by atoms with Crippen molar-refractivity contribution < 1.29 is 14.6 Å². The summed E-state index contributed by atoms with van der Waals surface area (Å²) in [4.78, 5) is 10.8. The van der Waals surface area contributed by atoms with Crippen LogP contribution in [0.4, 0.5) is 0 Å². The molecule has 6 heteroatoms. The lowest BCUT2D eigenvalue weighted by Gasteiger charge is -2.10. The van der Waals surface area contributed by atoms with E-state index in [4.69, 9.17) is 9.84 Å². The first-order valence-corrected chi connectivity index (χ1v) is 7.88. The van der Waals surface area contributed by atoms with Gasteiger partial charge in [-0.3, -0.25) is 0 Å². The van der Waals surface area contributed by atoms with E-state index in [9.17, 15) is 4.79 Å². The van der Waals surface area contributed by atoms with Crippen molar-refractivity contribution in [2.24, 2.45) is 0 Å². The standard InChI is InChI=1S/C11H12Br2O3S/c1-17-4-2-3-16-10-8(12)5-7(11(14)15)6-9(10)13/h5-6H,2-4H2,1H3,(H,14,15). The molecule has 1 aromatic rings. The Morgan fingerprint density at radius 3 is 2.47 bits per heavy atom. The predicted molar refractivity (Wildman–Crippen MR) is 77.3 cm³/mol. The van der Waals surface area contributed by atoms with E-state index in [0.717, 1.165) is 12.2 Å². The van der Waals surface area contributed by atoms with E-state index in [-0.39, 0.29) is 5.56 Å². The molecule has 0 spiro atoms. The van der Waals surface area contributed by atoms with Crippen molar-refractivity contribution in [3.8, 4) is 5.75 Å². The van der Waals surface area contributed by atoms with Gasteiger partial charge in [-0.25, -0.2) is 4.79 Å². The molecule has 1 rings (SSSR count). The van der Waals surface area contributed by atoms with Gasteiger partial charge in [0.05, 0.1) is 21.1 Å². The minimum absolute atomic E-state index is 0.222. The van der Waals surface area contributed by atoms with E-state index < -0.39 is 5.97 Å². The zero-order chi connectivity index (χ0) is 12.8. The maximum Gasteiger partial charge on any atom is 0.335 e. The number of ether oxygens (including phenoxy) is 1. The minimum Gasteiger partial charge on any atom is -0.491 e. The lowest BCUT2D eigenvalue weighted by molar-refractivity contribution is 0.0696. The van der Waals surface area contributed by atoms with E-state index in [0.29, 0.717) is 21.3 Å². The van der Waals surface area contributed by atoms with Gasteiger partial charge in [0.15, 0.2) is 0 Å². The number of halogens is 2. The number of carboxylic acid groups (broad SMARTS) is 1. The number of hydrogen-bond acceptors (Lipinski definition) is 3. The third kappa shape index (κ3) is 4.52. The van der Waals surface area contributed by atoms with Crippen LogP contribution in [0, 0.1) is 0 Å². The zero-order valence-electron chi connectivity index (χ0n) is 9.20. The molecule has 17 heavy (non-hydrogen) atoms. The van der Waals surface area contributed by atoms with Gasteiger partial charge in [0.2, 0.25) is 0 Å². The monoisotopic (exact) mass is 382 g/mol. The van der Waals surface area contributed by atoms with Crippen LogP contribution in [0.5, 0.6) is 5.75 Å². The van der Waals surface area contributed by atoms with Gasteiger partial charge >= 0.3 is 5.97 Å². The van der Waals surface area contributed by atoms with Crippen LogP contribution in [0.15, 0.2) is 21.1 Å². The first kappa shape index (κ1) is 14.9. The maximum absolute atomic E-state index is 10.8. The number of hydrogen-bond donors (Lipinski definition) is 1. The normalized spacial score (nSPS) is 10.3. The molecule has 0 fully saturated rings. The summed E-state index contributed by atoms with van der Waals surface area (Å²) in [5.41, 5.74) is 0.222. The summed E-state index contributed by atoms with van der Waals surface area (Å²) in [6, 6.07) is 3.08. The van der Waals surface area contributed by atoms with Crippen LogP contribution in [-0.4, -0.2) is 29.7 Å². The predicted octanol–water partition coefficient (Wildman–Crippen LogP) is 4.04. The second-order valence-electron chi connectivity index (χ2n) is 3.27. The van der Waals surface area contributed by atoms with Gasteiger partial charge in [0, 0.05) is 0 Å². The van der Waals surface area contributed by atoms with E-state index in [2.05, 4.69) is 31.9 Å². The first-order valence-electron chi connectivity index (χ1n) is 4.90. The van der Waals surface area contributed by atoms with Gasteiger partial charge in [-0.15, -0.1) is 0 Å². The van der Waals surface area contributed by atoms with Crippen molar-refractivity contribution in [1.29, 1.82) is 0 Å². The Hall–Kier alpha value is -0.200.